The number of amides is 2. The van der Waals surface area contributed by atoms with Gasteiger partial charge < -0.3 is 20.9 Å². The predicted octanol–water partition coefficient (Wildman–Crippen LogP) is 3.07. The highest BCUT2D eigenvalue weighted by Gasteiger charge is 2.26. The van der Waals surface area contributed by atoms with E-state index in [0.717, 1.165) is 24.9 Å². The van der Waals surface area contributed by atoms with Gasteiger partial charge in [0, 0.05) is 23.1 Å². The van der Waals surface area contributed by atoms with Crippen LogP contribution in [0.3, 0.4) is 0 Å². The normalized spacial score (nSPS) is 19.6. The second-order valence-corrected chi connectivity index (χ2v) is 6.58. The molecule has 142 valence electrons. The summed E-state index contributed by atoms with van der Waals surface area (Å²) in [5.74, 6) is -0.735. The number of hydrogen-bond acceptors (Lipinski definition) is 3. The molecule has 0 spiro atoms. The van der Waals surface area contributed by atoms with Crippen molar-refractivity contribution in [3.8, 4) is 0 Å². The number of aromatic nitrogens is 1. The topological polar surface area (TPSA) is 86.0 Å². The van der Waals surface area contributed by atoms with Gasteiger partial charge >= 0.3 is 0 Å². The van der Waals surface area contributed by atoms with E-state index in [1.54, 1.807) is 18.3 Å². The highest BCUT2D eigenvalue weighted by atomic mass is 35.5. The quantitative estimate of drug-likeness (QED) is 0.607. The fraction of sp³-hybridized carbons (Fsp3) is 0.263. The van der Waals surface area contributed by atoms with Crippen molar-refractivity contribution in [3.63, 3.8) is 0 Å². The van der Waals surface area contributed by atoms with Crippen LogP contribution < -0.4 is 16.0 Å². The number of carbonyl (C=O) groups excluding carboxylic acids is 2. The summed E-state index contributed by atoms with van der Waals surface area (Å²) < 4.78 is 13.5. The summed E-state index contributed by atoms with van der Waals surface area (Å²) in [6.45, 7) is 2.71. The fourth-order valence-corrected chi connectivity index (χ4v) is 3.37. The largest absolute Gasteiger partial charge is 0.360 e. The van der Waals surface area contributed by atoms with Crippen molar-refractivity contribution < 1.29 is 14.0 Å². The molecule has 1 aromatic heterocycles. The SMILES string of the molecule is Cc1c(NC(=O)C2CCCN2)c[nH]c1/C=C1\C(=O)Nc2ccc(F)cc21.Cl. The maximum absolute atomic E-state index is 13.5. The zero-order chi connectivity index (χ0) is 18.3. The number of carbonyl (C=O) groups is 2. The Hall–Kier alpha value is -2.64. The first-order valence-corrected chi connectivity index (χ1v) is 8.58. The molecule has 1 atom stereocenters. The van der Waals surface area contributed by atoms with E-state index in [0.29, 0.717) is 28.2 Å². The number of H-pyrrole nitrogens is 1. The number of hydrogen-bond donors (Lipinski definition) is 4. The van der Waals surface area contributed by atoms with Crippen molar-refractivity contribution in [3.05, 3.63) is 47.0 Å². The van der Waals surface area contributed by atoms with E-state index in [4.69, 9.17) is 0 Å². The van der Waals surface area contributed by atoms with E-state index in [-0.39, 0.29) is 30.3 Å². The van der Waals surface area contributed by atoms with Crippen LogP contribution in [-0.4, -0.2) is 29.4 Å². The van der Waals surface area contributed by atoms with Gasteiger partial charge in [0.05, 0.1) is 17.3 Å². The summed E-state index contributed by atoms with van der Waals surface area (Å²) in [6.07, 6.45) is 5.20. The Bertz CT molecular complexity index is 932. The minimum atomic E-state index is -0.397. The zero-order valence-corrected chi connectivity index (χ0v) is 15.5. The molecule has 3 heterocycles. The average molecular weight is 391 g/mol. The van der Waals surface area contributed by atoms with Gasteiger partial charge in [0.15, 0.2) is 0 Å². The summed E-state index contributed by atoms with van der Waals surface area (Å²) >= 11 is 0. The molecule has 1 aromatic carbocycles. The average Bonchev–Trinajstić information content (AvgIpc) is 3.32. The maximum Gasteiger partial charge on any atom is 0.256 e. The van der Waals surface area contributed by atoms with Crippen molar-refractivity contribution in [2.75, 3.05) is 17.2 Å². The van der Waals surface area contributed by atoms with Crippen LogP contribution in [0, 0.1) is 12.7 Å². The van der Waals surface area contributed by atoms with Gasteiger partial charge in [-0.25, -0.2) is 4.39 Å². The molecular weight excluding hydrogens is 371 g/mol. The van der Waals surface area contributed by atoms with E-state index < -0.39 is 5.82 Å². The first kappa shape index (κ1) is 19.1. The molecule has 1 fully saturated rings. The van der Waals surface area contributed by atoms with Crippen molar-refractivity contribution in [2.24, 2.45) is 0 Å². The van der Waals surface area contributed by atoms with E-state index in [2.05, 4.69) is 20.9 Å². The molecule has 6 nitrogen and oxygen atoms in total. The summed E-state index contributed by atoms with van der Waals surface area (Å²) in [5, 5.41) is 8.80. The number of rotatable bonds is 3. The number of aromatic amines is 1. The molecule has 1 unspecified atom stereocenters. The summed E-state index contributed by atoms with van der Waals surface area (Å²) in [4.78, 5) is 27.6. The number of benzene rings is 1. The Labute approximate surface area is 162 Å². The molecule has 2 aliphatic heterocycles. The van der Waals surface area contributed by atoms with Crippen molar-refractivity contribution >= 4 is 47.2 Å². The molecule has 27 heavy (non-hydrogen) atoms. The lowest BCUT2D eigenvalue weighted by Gasteiger charge is -2.10. The lowest BCUT2D eigenvalue weighted by atomic mass is 10.0. The van der Waals surface area contributed by atoms with Gasteiger partial charge in [-0.15, -0.1) is 12.4 Å². The Morgan fingerprint density at radius 2 is 2.19 bits per heavy atom. The number of fused-ring (bicyclic) bond motifs is 1. The van der Waals surface area contributed by atoms with Crippen LogP contribution in [0.2, 0.25) is 0 Å². The number of halogens is 2. The lowest BCUT2D eigenvalue weighted by Crippen LogP contribution is -2.35. The molecule has 0 aliphatic carbocycles. The summed E-state index contributed by atoms with van der Waals surface area (Å²) in [7, 11) is 0. The second-order valence-electron chi connectivity index (χ2n) is 6.58. The van der Waals surface area contributed by atoms with Crippen LogP contribution in [0.1, 0.15) is 29.7 Å². The van der Waals surface area contributed by atoms with Gasteiger partial charge in [-0.3, -0.25) is 9.59 Å². The first-order chi connectivity index (χ1) is 12.5. The molecule has 2 aliphatic rings. The predicted molar refractivity (Wildman–Crippen MR) is 105 cm³/mol. The molecule has 2 aromatic rings. The van der Waals surface area contributed by atoms with Gasteiger partial charge in [0.25, 0.3) is 5.91 Å². The third-order valence-corrected chi connectivity index (χ3v) is 4.87. The fourth-order valence-electron chi connectivity index (χ4n) is 3.37. The van der Waals surface area contributed by atoms with Crippen LogP contribution >= 0.6 is 12.4 Å². The minimum absolute atomic E-state index is 0. The molecule has 0 radical (unpaired) electrons. The number of anilines is 2. The Balaban J connectivity index is 0.00000210. The van der Waals surface area contributed by atoms with Crippen molar-refractivity contribution in [2.45, 2.75) is 25.8 Å². The zero-order valence-electron chi connectivity index (χ0n) is 14.7. The molecule has 4 N–H and O–H groups in total. The maximum atomic E-state index is 13.5. The van der Waals surface area contributed by atoms with E-state index >= 15 is 0 Å². The third-order valence-electron chi connectivity index (χ3n) is 4.87. The minimum Gasteiger partial charge on any atom is -0.360 e. The van der Waals surface area contributed by atoms with E-state index in [9.17, 15) is 14.0 Å². The molecule has 2 amide bonds. The smallest absolute Gasteiger partial charge is 0.256 e. The molecule has 4 rings (SSSR count). The highest BCUT2D eigenvalue weighted by Crippen LogP contribution is 2.34. The molecule has 1 saturated heterocycles. The summed E-state index contributed by atoms with van der Waals surface area (Å²) in [5.41, 5.74) is 3.70. The first-order valence-electron chi connectivity index (χ1n) is 8.58. The van der Waals surface area contributed by atoms with Gasteiger partial charge in [-0.1, -0.05) is 0 Å². The van der Waals surface area contributed by atoms with Gasteiger partial charge in [0.1, 0.15) is 5.82 Å². The van der Waals surface area contributed by atoms with Gasteiger partial charge in [0.2, 0.25) is 5.91 Å². The molecule has 0 bridgehead atoms. The van der Waals surface area contributed by atoms with Crippen LogP contribution in [-0.2, 0) is 9.59 Å². The van der Waals surface area contributed by atoms with Crippen LogP contribution in [0.25, 0.3) is 11.6 Å². The van der Waals surface area contributed by atoms with Crippen molar-refractivity contribution in [1.82, 2.24) is 10.3 Å². The molecule has 8 heteroatoms. The number of nitrogens with one attached hydrogen (secondary N) is 4. The van der Waals surface area contributed by atoms with Gasteiger partial charge in [-0.05, 0) is 56.1 Å². The van der Waals surface area contributed by atoms with Crippen LogP contribution in [0.4, 0.5) is 15.8 Å². The highest BCUT2D eigenvalue weighted by molar-refractivity contribution is 6.34. The lowest BCUT2D eigenvalue weighted by molar-refractivity contribution is -0.117. The molecule has 0 saturated carbocycles. The Morgan fingerprint density at radius 3 is 2.93 bits per heavy atom. The Morgan fingerprint density at radius 1 is 1.37 bits per heavy atom. The van der Waals surface area contributed by atoms with E-state index in [1.165, 1.54) is 12.1 Å². The van der Waals surface area contributed by atoms with Crippen LogP contribution in [0.15, 0.2) is 24.4 Å². The summed E-state index contributed by atoms with van der Waals surface area (Å²) in [6, 6.07) is 4.03. The third kappa shape index (κ3) is 3.61. The second kappa shape index (κ2) is 7.54. The standard InChI is InChI=1S/C19H19FN4O2.ClH/c1-10-16(22-9-17(10)24-19(26)15-3-2-6-21-15)8-13-12-7-11(20)4-5-14(12)23-18(13)25;/h4-5,7-9,15,21-22H,2-3,6H2,1H3,(H,23,25)(H,24,26);1H/b13-8-;. The molecular formula is C19H20ClFN4O2. The monoisotopic (exact) mass is 390 g/mol. The van der Waals surface area contributed by atoms with Crippen molar-refractivity contribution in [1.29, 1.82) is 0 Å². The van der Waals surface area contributed by atoms with E-state index in [1.807, 2.05) is 6.92 Å². The Kier molecular flexibility index (Phi) is 5.34. The van der Waals surface area contributed by atoms with Crippen LogP contribution in [0.5, 0.6) is 0 Å². The van der Waals surface area contributed by atoms with Gasteiger partial charge in [-0.2, -0.15) is 0 Å².